The highest BCUT2D eigenvalue weighted by Gasteiger charge is 2.42. The van der Waals surface area contributed by atoms with Crippen molar-refractivity contribution in [3.05, 3.63) is 146 Å². The summed E-state index contributed by atoms with van der Waals surface area (Å²) in [6, 6.07) is 52.3. The van der Waals surface area contributed by atoms with Gasteiger partial charge in [-0.15, -0.1) is 0 Å². The fourth-order valence-corrected chi connectivity index (χ4v) is 10.9. The van der Waals surface area contributed by atoms with Crippen LogP contribution in [-0.2, 0) is 0 Å². The fourth-order valence-electron chi connectivity index (χ4n) is 7.97. The van der Waals surface area contributed by atoms with E-state index in [1.165, 1.54) is 54.2 Å². The van der Waals surface area contributed by atoms with Gasteiger partial charge in [0.2, 0.25) is 0 Å². The van der Waals surface area contributed by atoms with E-state index >= 15 is 0 Å². The molecule has 0 amide bonds. The zero-order valence-electron chi connectivity index (χ0n) is 26.1. The van der Waals surface area contributed by atoms with Crippen molar-refractivity contribution in [3.8, 4) is 34.0 Å². The van der Waals surface area contributed by atoms with Crippen LogP contribution < -0.4 is 10.5 Å². The first kappa shape index (κ1) is 26.4. The van der Waals surface area contributed by atoms with Gasteiger partial charge in [0.1, 0.15) is 13.9 Å². The Morgan fingerprint density at radius 1 is 0.489 bits per heavy atom. The van der Waals surface area contributed by atoms with Crippen LogP contribution in [0.2, 0.25) is 13.1 Å². The number of para-hydroxylation sites is 3. The third-order valence-electron chi connectivity index (χ3n) is 10.1. The maximum atomic E-state index is 5.55. The second-order valence-corrected chi connectivity index (χ2v) is 17.3. The zero-order valence-corrected chi connectivity index (χ0v) is 27.1. The molecule has 0 bridgehead atoms. The molecule has 0 N–H and O–H groups in total. The predicted octanol–water partition coefficient (Wildman–Crippen LogP) is 9.14. The summed E-state index contributed by atoms with van der Waals surface area (Å²) < 4.78 is 4.89. The lowest BCUT2D eigenvalue weighted by Gasteiger charge is -2.19. The molecule has 0 saturated heterocycles. The Hall–Kier alpha value is -5.78. The standard InChI is InChI=1S/C42H30N4Si/c1-47(2)36-24-14-11-21-33(36)37-41(43-40(44-42(37)47)27-15-5-3-6-16-27)46-35-23-13-10-20-30(35)32-26-25-31-29-19-9-12-22-34(29)45(38(31)39(32)46)28-17-7-4-8-18-28/h3-26H,1-2H3. The molecule has 0 spiro atoms. The molecule has 47 heavy (non-hydrogen) atoms. The van der Waals surface area contributed by atoms with Crippen LogP contribution >= 0.6 is 0 Å². The van der Waals surface area contributed by atoms with Gasteiger partial charge in [0.05, 0.1) is 22.1 Å². The Kier molecular flexibility index (Phi) is 5.41. The molecule has 222 valence electrons. The molecule has 0 fully saturated rings. The second-order valence-electron chi connectivity index (χ2n) is 13.0. The number of fused-ring (bicyclic) bond motifs is 10. The third kappa shape index (κ3) is 3.57. The number of benzene rings is 6. The van der Waals surface area contributed by atoms with Crippen molar-refractivity contribution in [1.29, 1.82) is 0 Å². The topological polar surface area (TPSA) is 35.6 Å². The summed E-state index contributed by atoms with van der Waals surface area (Å²) in [5.41, 5.74) is 9.27. The van der Waals surface area contributed by atoms with E-state index in [4.69, 9.17) is 9.97 Å². The molecule has 0 saturated carbocycles. The lowest BCUT2D eigenvalue weighted by molar-refractivity contribution is 1.06. The van der Waals surface area contributed by atoms with Crippen LogP contribution in [0.15, 0.2) is 146 Å². The minimum absolute atomic E-state index is 0.773. The van der Waals surface area contributed by atoms with E-state index < -0.39 is 8.07 Å². The molecule has 0 aliphatic carbocycles. The van der Waals surface area contributed by atoms with Gasteiger partial charge in [-0.1, -0.05) is 134 Å². The number of hydrogen-bond donors (Lipinski definition) is 0. The van der Waals surface area contributed by atoms with E-state index in [1.807, 2.05) is 0 Å². The average molecular weight is 619 g/mol. The van der Waals surface area contributed by atoms with Gasteiger partial charge in [0.25, 0.3) is 0 Å². The van der Waals surface area contributed by atoms with E-state index in [0.29, 0.717) is 0 Å². The highest BCUT2D eigenvalue weighted by molar-refractivity contribution is 7.03. The zero-order chi connectivity index (χ0) is 31.3. The van der Waals surface area contributed by atoms with Gasteiger partial charge in [0.15, 0.2) is 5.82 Å². The molecule has 3 aromatic heterocycles. The van der Waals surface area contributed by atoms with Crippen LogP contribution in [0.3, 0.4) is 0 Å². The quantitative estimate of drug-likeness (QED) is 0.185. The Morgan fingerprint density at radius 2 is 1.04 bits per heavy atom. The summed E-state index contributed by atoms with van der Waals surface area (Å²) in [4.78, 5) is 11.0. The van der Waals surface area contributed by atoms with Crippen LogP contribution in [0.5, 0.6) is 0 Å². The van der Waals surface area contributed by atoms with E-state index in [1.54, 1.807) is 0 Å². The van der Waals surface area contributed by atoms with E-state index in [2.05, 4.69) is 168 Å². The highest BCUT2D eigenvalue weighted by Crippen LogP contribution is 2.43. The number of rotatable bonds is 3. The first-order valence-corrected chi connectivity index (χ1v) is 19.2. The van der Waals surface area contributed by atoms with Gasteiger partial charge in [-0.05, 0) is 35.0 Å². The van der Waals surface area contributed by atoms with Crippen molar-refractivity contribution in [1.82, 2.24) is 19.1 Å². The molecule has 4 heterocycles. The molecule has 0 unspecified atom stereocenters. The summed E-state index contributed by atoms with van der Waals surface area (Å²) in [6.45, 7) is 4.86. The van der Waals surface area contributed by atoms with Crippen LogP contribution in [-0.4, -0.2) is 27.2 Å². The van der Waals surface area contributed by atoms with Crippen molar-refractivity contribution in [2.45, 2.75) is 13.1 Å². The third-order valence-corrected chi connectivity index (χ3v) is 13.4. The molecule has 1 aliphatic rings. The molecule has 6 aromatic carbocycles. The maximum Gasteiger partial charge on any atom is 0.161 e. The predicted molar refractivity (Wildman–Crippen MR) is 198 cm³/mol. The minimum atomic E-state index is -2.14. The molecular formula is C42H30N4Si. The Morgan fingerprint density at radius 3 is 1.74 bits per heavy atom. The Balaban J connectivity index is 1.46. The summed E-state index contributed by atoms with van der Waals surface area (Å²) in [5, 5.41) is 7.51. The lowest BCUT2D eigenvalue weighted by Crippen LogP contribution is -2.51. The van der Waals surface area contributed by atoms with Crippen LogP contribution in [0, 0.1) is 0 Å². The summed E-state index contributed by atoms with van der Waals surface area (Å²) in [5.74, 6) is 1.72. The van der Waals surface area contributed by atoms with Crippen LogP contribution in [0.1, 0.15) is 0 Å². The largest absolute Gasteiger partial charge is 0.307 e. The van der Waals surface area contributed by atoms with E-state index in [9.17, 15) is 0 Å². The molecule has 1 aliphatic heterocycles. The molecule has 5 heteroatoms. The van der Waals surface area contributed by atoms with Gasteiger partial charge in [-0.25, -0.2) is 9.97 Å². The molecule has 0 radical (unpaired) electrons. The average Bonchev–Trinajstić information content (AvgIpc) is 3.72. The molecule has 10 rings (SSSR count). The van der Waals surface area contributed by atoms with Crippen LogP contribution in [0.25, 0.3) is 77.6 Å². The van der Waals surface area contributed by atoms with E-state index in [0.717, 1.165) is 33.9 Å². The van der Waals surface area contributed by atoms with Crippen molar-refractivity contribution in [2.75, 3.05) is 0 Å². The molecule has 4 nitrogen and oxygen atoms in total. The first-order valence-electron chi connectivity index (χ1n) is 16.2. The number of hydrogen-bond acceptors (Lipinski definition) is 2. The van der Waals surface area contributed by atoms with Gasteiger partial charge in [-0.2, -0.15) is 0 Å². The van der Waals surface area contributed by atoms with Crippen molar-refractivity contribution in [3.63, 3.8) is 0 Å². The normalized spacial score (nSPS) is 13.5. The van der Waals surface area contributed by atoms with Gasteiger partial charge in [0, 0.05) is 43.7 Å². The second kappa shape index (κ2) is 9.61. The SMILES string of the molecule is C[Si]1(C)c2ccccc2-c2c(-n3c4ccccc4c4ccc5c6ccccc6n(-c6ccccc6)c5c43)nc(-c3ccccc3)nc21. The molecule has 9 aromatic rings. The maximum absolute atomic E-state index is 5.55. The Labute approximate surface area is 273 Å². The van der Waals surface area contributed by atoms with E-state index in [-0.39, 0.29) is 0 Å². The smallest absolute Gasteiger partial charge is 0.161 e. The summed E-state index contributed by atoms with van der Waals surface area (Å²) in [7, 11) is -2.14. The fraction of sp³-hybridized carbons (Fsp3) is 0.0476. The van der Waals surface area contributed by atoms with Crippen molar-refractivity contribution < 1.29 is 0 Å². The first-order chi connectivity index (χ1) is 23.1. The highest BCUT2D eigenvalue weighted by atomic mass is 28.3. The van der Waals surface area contributed by atoms with Gasteiger partial charge < -0.3 is 4.57 Å². The number of aromatic nitrogens is 4. The van der Waals surface area contributed by atoms with Gasteiger partial charge in [-0.3, -0.25) is 4.57 Å². The summed E-state index contributed by atoms with van der Waals surface area (Å²) >= 11 is 0. The summed E-state index contributed by atoms with van der Waals surface area (Å²) in [6.07, 6.45) is 0. The Bertz CT molecular complexity index is 2700. The lowest BCUT2D eigenvalue weighted by atomic mass is 10.1. The van der Waals surface area contributed by atoms with Crippen molar-refractivity contribution >= 4 is 62.2 Å². The molecule has 0 atom stereocenters. The van der Waals surface area contributed by atoms with Crippen LogP contribution in [0.4, 0.5) is 0 Å². The monoisotopic (exact) mass is 618 g/mol. The molecular weight excluding hydrogens is 589 g/mol. The minimum Gasteiger partial charge on any atom is -0.307 e. The van der Waals surface area contributed by atoms with Gasteiger partial charge >= 0.3 is 0 Å². The van der Waals surface area contributed by atoms with Crippen molar-refractivity contribution in [2.24, 2.45) is 0 Å². The number of nitrogens with zero attached hydrogens (tertiary/aromatic N) is 4.